The highest BCUT2D eigenvalue weighted by Crippen LogP contribution is 2.38. The number of aromatic hydroxyl groups is 1. The Morgan fingerprint density at radius 3 is 2.68 bits per heavy atom. The second-order valence-electron chi connectivity index (χ2n) is 6.78. The summed E-state index contributed by atoms with van der Waals surface area (Å²) in [5.74, 6) is -3.71. The number of halogens is 1. The summed E-state index contributed by atoms with van der Waals surface area (Å²) in [6.07, 6.45) is 1.58. The van der Waals surface area contributed by atoms with Crippen LogP contribution in [0.5, 0.6) is 5.75 Å². The highest BCUT2D eigenvalue weighted by molar-refractivity contribution is 7.92. The van der Waals surface area contributed by atoms with Crippen molar-refractivity contribution >= 4 is 38.5 Å². The summed E-state index contributed by atoms with van der Waals surface area (Å²) in [4.78, 5) is 22.3. The van der Waals surface area contributed by atoms with Crippen LogP contribution in [0.15, 0.2) is 24.3 Å². The number of carboxylic acid groups (broad SMARTS) is 1. The van der Waals surface area contributed by atoms with Crippen LogP contribution in [-0.2, 0) is 26.2 Å². The number of amides is 1. The fourth-order valence-electron chi connectivity index (χ4n) is 3.15. The van der Waals surface area contributed by atoms with Gasteiger partial charge in [0.05, 0.1) is 5.92 Å². The van der Waals surface area contributed by atoms with Gasteiger partial charge < -0.3 is 10.2 Å². The van der Waals surface area contributed by atoms with Crippen LogP contribution in [0, 0.1) is 11.7 Å². The summed E-state index contributed by atoms with van der Waals surface area (Å²) in [7, 11) is -4.27. The fraction of sp³-hybridized carbons (Fsp3) is 0.333. The molecule has 150 valence electrons. The molecule has 1 amide bonds. The van der Waals surface area contributed by atoms with E-state index in [0.717, 1.165) is 5.56 Å². The van der Waals surface area contributed by atoms with E-state index in [-0.39, 0.29) is 5.39 Å². The average molecular weight is 410 g/mol. The molecule has 10 heteroatoms. The van der Waals surface area contributed by atoms with E-state index in [1.165, 1.54) is 12.1 Å². The van der Waals surface area contributed by atoms with Crippen molar-refractivity contribution in [3.63, 3.8) is 0 Å². The summed E-state index contributed by atoms with van der Waals surface area (Å²) in [6.45, 7) is 0.994. The van der Waals surface area contributed by atoms with Crippen molar-refractivity contribution in [3.8, 4) is 5.75 Å². The van der Waals surface area contributed by atoms with Crippen LogP contribution in [0.4, 0.5) is 10.1 Å². The molecule has 0 radical (unpaired) electrons. The van der Waals surface area contributed by atoms with E-state index in [1.807, 2.05) is 0 Å². The highest BCUT2D eigenvalue weighted by atomic mass is 32.2. The minimum atomic E-state index is -4.27. The summed E-state index contributed by atoms with van der Waals surface area (Å²) in [5.41, 5.74) is 0.168. The summed E-state index contributed by atoms with van der Waals surface area (Å²) in [5, 5.41) is 19.5. The number of aryl methyl sites for hydroxylation is 1. The fourth-order valence-corrected chi connectivity index (χ4v) is 4.31. The monoisotopic (exact) mass is 410 g/mol. The maximum Gasteiger partial charge on any atom is 0.326 e. The second-order valence-corrected chi connectivity index (χ2v) is 8.38. The number of phenolic OH excluding ortho intramolecular Hbond substituents is 1. The quantitative estimate of drug-likeness (QED) is 0.668. The van der Waals surface area contributed by atoms with E-state index in [1.54, 1.807) is 23.8 Å². The van der Waals surface area contributed by atoms with E-state index in [0.29, 0.717) is 29.0 Å². The Bertz CT molecular complexity index is 1070. The van der Waals surface area contributed by atoms with Gasteiger partial charge in [0.2, 0.25) is 0 Å². The number of carbonyl (C=O) groups is 2. The number of carboxylic acids is 1. The molecule has 1 heterocycles. The Morgan fingerprint density at radius 1 is 1.36 bits per heavy atom. The number of anilines is 1. The van der Waals surface area contributed by atoms with Crippen LogP contribution < -0.4 is 9.03 Å². The van der Waals surface area contributed by atoms with E-state index >= 15 is 4.39 Å². The van der Waals surface area contributed by atoms with Gasteiger partial charge in [-0.3, -0.25) is 9.59 Å². The Hall–Kier alpha value is -2.88. The third-order valence-corrected chi connectivity index (χ3v) is 6.07. The van der Waals surface area contributed by atoms with Crippen molar-refractivity contribution in [3.05, 3.63) is 35.6 Å². The topological polar surface area (TPSA) is 124 Å². The lowest BCUT2D eigenvalue weighted by atomic mass is 9.98. The second kappa shape index (κ2) is 7.27. The number of aliphatic carboxylic acids is 1. The molecule has 1 aliphatic heterocycles. The molecule has 28 heavy (non-hydrogen) atoms. The Balaban J connectivity index is 1.95. The Labute approximate surface area is 160 Å². The van der Waals surface area contributed by atoms with Gasteiger partial charge in [-0.15, -0.1) is 0 Å². The summed E-state index contributed by atoms with van der Waals surface area (Å²) in [6, 6.07) is 6.11. The van der Waals surface area contributed by atoms with Crippen LogP contribution >= 0.6 is 0 Å². The van der Waals surface area contributed by atoms with Crippen LogP contribution in [-0.4, -0.2) is 37.1 Å². The predicted octanol–water partition coefficient (Wildman–Crippen LogP) is 1.91. The number of nitrogens with zero attached hydrogens (tertiary/aromatic N) is 1. The van der Waals surface area contributed by atoms with E-state index < -0.39 is 51.8 Å². The number of hydrogen-bond donors (Lipinski definition) is 3. The molecule has 3 rings (SSSR count). The minimum absolute atomic E-state index is 0.103. The molecular formula is C18H19FN2O6S. The van der Waals surface area contributed by atoms with Crippen molar-refractivity contribution in [1.29, 1.82) is 0 Å². The maximum absolute atomic E-state index is 15.1. The third-order valence-electron chi connectivity index (χ3n) is 4.69. The molecule has 1 unspecified atom stereocenters. The van der Waals surface area contributed by atoms with Crippen LogP contribution in [0.3, 0.4) is 0 Å². The lowest BCUT2D eigenvalue weighted by Gasteiger charge is -2.18. The van der Waals surface area contributed by atoms with E-state index in [9.17, 15) is 23.1 Å². The summed E-state index contributed by atoms with van der Waals surface area (Å²) >= 11 is 0. The summed E-state index contributed by atoms with van der Waals surface area (Å²) < 4.78 is 41.4. The molecule has 2 aromatic carbocycles. The molecule has 0 aliphatic carbocycles. The molecule has 2 aromatic rings. The molecule has 0 spiro atoms. The normalized spacial score (nSPS) is 16.9. The SMILES string of the molecule is CC(CCCc1ccc2cc(O)c(N3CC(=O)NS3(=O)=O)c(F)c2c1)C(=O)O. The minimum Gasteiger partial charge on any atom is -0.506 e. The van der Waals surface area contributed by atoms with Crippen LogP contribution in [0.2, 0.25) is 0 Å². The number of phenols is 1. The number of fused-ring (bicyclic) bond motifs is 1. The molecule has 0 bridgehead atoms. The average Bonchev–Trinajstić information content (AvgIpc) is 2.87. The first-order valence-electron chi connectivity index (χ1n) is 8.60. The Morgan fingerprint density at radius 2 is 2.07 bits per heavy atom. The zero-order valence-corrected chi connectivity index (χ0v) is 15.8. The van der Waals surface area contributed by atoms with Crippen molar-refractivity contribution in [1.82, 2.24) is 4.72 Å². The smallest absolute Gasteiger partial charge is 0.326 e. The van der Waals surface area contributed by atoms with E-state index in [4.69, 9.17) is 5.11 Å². The number of hydrogen-bond acceptors (Lipinski definition) is 5. The number of nitrogens with one attached hydrogen (secondary N) is 1. The van der Waals surface area contributed by atoms with Gasteiger partial charge in [0.25, 0.3) is 5.91 Å². The zero-order valence-electron chi connectivity index (χ0n) is 15.0. The van der Waals surface area contributed by atoms with Crippen molar-refractivity contribution in [2.24, 2.45) is 5.92 Å². The van der Waals surface area contributed by atoms with Crippen molar-refractivity contribution in [2.75, 3.05) is 10.8 Å². The lowest BCUT2D eigenvalue weighted by molar-refractivity contribution is -0.141. The molecule has 3 N–H and O–H groups in total. The number of benzene rings is 2. The molecule has 1 atom stereocenters. The van der Waals surface area contributed by atoms with Gasteiger partial charge in [-0.05, 0) is 42.3 Å². The first kappa shape index (κ1) is 19.9. The van der Waals surface area contributed by atoms with Crippen LogP contribution in [0.25, 0.3) is 10.8 Å². The molecule has 0 aromatic heterocycles. The lowest BCUT2D eigenvalue weighted by Crippen LogP contribution is -2.30. The molecular weight excluding hydrogens is 391 g/mol. The molecule has 1 fully saturated rings. The largest absolute Gasteiger partial charge is 0.506 e. The van der Waals surface area contributed by atoms with Gasteiger partial charge in [0.15, 0.2) is 5.82 Å². The predicted molar refractivity (Wildman–Crippen MR) is 99.7 cm³/mol. The first-order chi connectivity index (χ1) is 13.1. The van der Waals surface area contributed by atoms with Gasteiger partial charge in [-0.2, -0.15) is 8.42 Å². The van der Waals surface area contributed by atoms with Gasteiger partial charge in [-0.25, -0.2) is 13.4 Å². The third kappa shape index (κ3) is 3.72. The Kier molecular flexibility index (Phi) is 5.16. The van der Waals surface area contributed by atoms with E-state index in [2.05, 4.69) is 0 Å². The van der Waals surface area contributed by atoms with Crippen LogP contribution in [0.1, 0.15) is 25.3 Å². The van der Waals surface area contributed by atoms with Crippen molar-refractivity contribution in [2.45, 2.75) is 26.2 Å². The molecule has 1 saturated heterocycles. The van der Waals surface area contributed by atoms with Gasteiger partial charge in [-0.1, -0.05) is 19.1 Å². The van der Waals surface area contributed by atoms with Gasteiger partial charge in [0.1, 0.15) is 18.0 Å². The van der Waals surface area contributed by atoms with Gasteiger partial charge in [0, 0.05) is 5.39 Å². The molecule has 8 nitrogen and oxygen atoms in total. The van der Waals surface area contributed by atoms with Gasteiger partial charge >= 0.3 is 16.2 Å². The highest BCUT2D eigenvalue weighted by Gasteiger charge is 2.37. The maximum atomic E-state index is 15.1. The zero-order chi connectivity index (χ0) is 20.6. The first-order valence-corrected chi connectivity index (χ1v) is 10.0. The molecule has 0 saturated carbocycles. The molecule has 1 aliphatic rings. The standard InChI is InChI=1S/C18H19FN2O6S/c1-10(18(24)25)3-2-4-11-5-6-12-8-14(22)17(16(19)13(12)7-11)21-9-15(23)20-28(21,26)27/h5-8,10,22H,2-4,9H2,1H3,(H,20,23)(H,24,25). The number of rotatable bonds is 6. The van der Waals surface area contributed by atoms with Crippen molar-refractivity contribution < 1.29 is 32.6 Å². The number of carbonyl (C=O) groups excluding carboxylic acids is 1.